The largest absolute Gasteiger partial charge is 0.492 e. The van der Waals surface area contributed by atoms with Gasteiger partial charge in [0.05, 0.1) is 18.8 Å². The number of hydrogen-bond donors (Lipinski definition) is 0. The summed E-state index contributed by atoms with van der Waals surface area (Å²) in [5.41, 5.74) is 2.21. The first-order valence-electron chi connectivity index (χ1n) is 9.89. The molecule has 0 fully saturated rings. The highest BCUT2D eigenvalue weighted by molar-refractivity contribution is 5.59. The highest BCUT2D eigenvalue weighted by atomic mass is 16.5. The maximum atomic E-state index is 5.94. The molecule has 0 aliphatic carbocycles. The highest BCUT2D eigenvalue weighted by Crippen LogP contribution is 2.30. The first kappa shape index (κ1) is 18.9. The molecule has 1 heterocycles. The van der Waals surface area contributed by atoms with Crippen LogP contribution in [0.1, 0.15) is 12.5 Å². The van der Waals surface area contributed by atoms with Gasteiger partial charge in [0.1, 0.15) is 36.2 Å². The number of allylic oxidation sites excluding steroid dienone is 1. The van der Waals surface area contributed by atoms with Crippen LogP contribution in [0.25, 0.3) is 6.08 Å². The zero-order valence-corrected chi connectivity index (χ0v) is 16.6. The van der Waals surface area contributed by atoms with Crippen LogP contribution < -0.4 is 19.1 Å². The summed E-state index contributed by atoms with van der Waals surface area (Å²) < 4.78 is 17.5. The van der Waals surface area contributed by atoms with Gasteiger partial charge >= 0.3 is 0 Å². The first-order valence-corrected chi connectivity index (χ1v) is 9.89. The molecule has 3 aromatic carbocycles. The van der Waals surface area contributed by atoms with E-state index in [-0.39, 0.29) is 0 Å². The highest BCUT2D eigenvalue weighted by Gasteiger charge is 2.16. The Balaban J connectivity index is 1.29. The molecule has 0 saturated heterocycles. The second kappa shape index (κ2) is 9.20. The van der Waals surface area contributed by atoms with Crippen molar-refractivity contribution in [3.8, 4) is 17.2 Å². The third-order valence-corrected chi connectivity index (χ3v) is 4.73. The number of para-hydroxylation sites is 3. The Bertz CT molecular complexity index is 951. The van der Waals surface area contributed by atoms with Crippen molar-refractivity contribution in [1.29, 1.82) is 0 Å². The number of benzene rings is 3. The molecule has 0 amide bonds. The minimum atomic E-state index is 0.625. The monoisotopic (exact) mass is 387 g/mol. The van der Waals surface area contributed by atoms with E-state index in [1.807, 2.05) is 85.8 Å². The third kappa shape index (κ3) is 5.11. The van der Waals surface area contributed by atoms with Gasteiger partial charge in [-0.15, -0.1) is 0 Å². The molecule has 0 unspecified atom stereocenters. The lowest BCUT2D eigenvalue weighted by Gasteiger charge is -2.31. The fraction of sp³-hybridized carbons (Fsp3) is 0.200. The van der Waals surface area contributed by atoms with Gasteiger partial charge in [0.2, 0.25) is 0 Å². The molecule has 1 aliphatic heterocycles. The van der Waals surface area contributed by atoms with Gasteiger partial charge in [-0.2, -0.15) is 0 Å². The SMILES string of the molecule is C/C(=C\c1ccc(OCCN2CCOc3ccccc32)cc1)Oc1ccccc1. The van der Waals surface area contributed by atoms with Gasteiger partial charge in [0, 0.05) is 0 Å². The molecule has 0 bridgehead atoms. The van der Waals surface area contributed by atoms with Gasteiger partial charge in [-0.25, -0.2) is 0 Å². The standard InChI is InChI=1S/C25H25NO3/c1-20(29-23-7-3-2-4-8-23)19-21-11-13-22(14-12-21)27-17-15-26-16-18-28-25-10-6-5-9-24(25)26/h2-14,19H,15-18H2,1H3/b20-19+. The second-order valence-corrected chi connectivity index (χ2v) is 6.89. The molecule has 4 nitrogen and oxygen atoms in total. The number of nitrogens with zero attached hydrogens (tertiary/aromatic N) is 1. The van der Waals surface area contributed by atoms with Gasteiger partial charge in [0.25, 0.3) is 0 Å². The fourth-order valence-corrected chi connectivity index (χ4v) is 3.33. The van der Waals surface area contributed by atoms with Crippen molar-refractivity contribution in [2.24, 2.45) is 0 Å². The van der Waals surface area contributed by atoms with E-state index in [1.165, 1.54) is 0 Å². The minimum absolute atomic E-state index is 0.625. The molecule has 29 heavy (non-hydrogen) atoms. The predicted molar refractivity (Wildman–Crippen MR) is 117 cm³/mol. The molecule has 1 aliphatic rings. The van der Waals surface area contributed by atoms with E-state index in [1.54, 1.807) is 0 Å². The van der Waals surface area contributed by atoms with E-state index >= 15 is 0 Å². The summed E-state index contributed by atoms with van der Waals surface area (Å²) in [6.45, 7) is 5.00. The number of anilines is 1. The van der Waals surface area contributed by atoms with E-state index in [0.29, 0.717) is 13.2 Å². The van der Waals surface area contributed by atoms with E-state index in [0.717, 1.165) is 47.3 Å². The van der Waals surface area contributed by atoms with Crippen LogP contribution in [0.15, 0.2) is 84.6 Å². The Hall–Kier alpha value is -3.40. The minimum Gasteiger partial charge on any atom is -0.492 e. The summed E-state index contributed by atoms with van der Waals surface area (Å²) in [5, 5.41) is 0. The average Bonchev–Trinajstić information content (AvgIpc) is 2.76. The summed E-state index contributed by atoms with van der Waals surface area (Å²) in [4.78, 5) is 2.31. The van der Waals surface area contributed by atoms with Gasteiger partial charge in [-0.05, 0) is 55.0 Å². The van der Waals surface area contributed by atoms with Crippen LogP contribution in [0.5, 0.6) is 17.2 Å². The predicted octanol–water partition coefficient (Wildman–Crippen LogP) is 5.40. The summed E-state index contributed by atoms with van der Waals surface area (Å²) in [6, 6.07) is 26.0. The van der Waals surface area contributed by atoms with Crippen molar-refractivity contribution in [2.75, 3.05) is 31.2 Å². The molecule has 0 saturated carbocycles. The summed E-state index contributed by atoms with van der Waals surface area (Å²) in [5.74, 6) is 3.50. The second-order valence-electron chi connectivity index (χ2n) is 6.89. The number of hydrogen-bond acceptors (Lipinski definition) is 4. The molecular weight excluding hydrogens is 362 g/mol. The lowest BCUT2D eigenvalue weighted by Crippen LogP contribution is -2.35. The van der Waals surface area contributed by atoms with Gasteiger partial charge in [0.15, 0.2) is 0 Å². The van der Waals surface area contributed by atoms with Crippen LogP contribution in [0.4, 0.5) is 5.69 Å². The topological polar surface area (TPSA) is 30.9 Å². The molecular formula is C25H25NO3. The van der Waals surface area contributed by atoms with Crippen molar-refractivity contribution in [1.82, 2.24) is 0 Å². The third-order valence-electron chi connectivity index (χ3n) is 4.73. The number of rotatable bonds is 7. The first-order chi connectivity index (χ1) is 14.3. The van der Waals surface area contributed by atoms with Crippen molar-refractivity contribution in [3.63, 3.8) is 0 Å². The van der Waals surface area contributed by atoms with E-state index in [9.17, 15) is 0 Å². The molecule has 0 atom stereocenters. The Morgan fingerprint density at radius 2 is 1.69 bits per heavy atom. The van der Waals surface area contributed by atoms with E-state index < -0.39 is 0 Å². The van der Waals surface area contributed by atoms with Gasteiger partial charge < -0.3 is 19.1 Å². The number of ether oxygens (including phenoxy) is 3. The Morgan fingerprint density at radius 1 is 0.931 bits per heavy atom. The molecule has 0 aromatic heterocycles. The van der Waals surface area contributed by atoms with E-state index in [4.69, 9.17) is 14.2 Å². The zero-order valence-electron chi connectivity index (χ0n) is 16.6. The average molecular weight is 387 g/mol. The van der Waals surface area contributed by atoms with Crippen LogP contribution >= 0.6 is 0 Å². The molecule has 4 rings (SSSR count). The van der Waals surface area contributed by atoms with Gasteiger partial charge in [-0.3, -0.25) is 0 Å². The Labute approximate surface area is 172 Å². The maximum Gasteiger partial charge on any atom is 0.142 e. The zero-order chi connectivity index (χ0) is 19.9. The van der Waals surface area contributed by atoms with Crippen molar-refractivity contribution < 1.29 is 14.2 Å². The molecule has 148 valence electrons. The summed E-state index contributed by atoms with van der Waals surface area (Å²) in [7, 11) is 0. The Morgan fingerprint density at radius 3 is 2.52 bits per heavy atom. The quantitative estimate of drug-likeness (QED) is 0.508. The maximum absolute atomic E-state index is 5.94. The number of fused-ring (bicyclic) bond motifs is 1. The summed E-state index contributed by atoms with van der Waals surface area (Å²) >= 11 is 0. The molecule has 0 radical (unpaired) electrons. The molecule has 0 N–H and O–H groups in total. The van der Waals surface area contributed by atoms with Crippen molar-refractivity contribution >= 4 is 11.8 Å². The molecule has 4 heteroatoms. The normalized spacial score (nSPS) is 13.4. The van der Waals surface area contributed by atoms with Crippen LogP contribution in [-0.4, -0.2) is 26.3 Å². The van der Waals surface area contributed by atoms with Crippen LogP contribution in [0.3, 0.4) is 0 Å². The van der Waals surface area contributed by atoms with Gasteiger partial charge in [-0.1, -0.05) is 42.5 Å². The van der Waals surface area contributed by atoms with Crippen LogP contribution in [-0.2, 0) is 0 Å². The van der Waals surface area contributed by atoms with Crippen LogP contribution in [0, 0.1) is 0 Å². The molecule has 3 aromatic rings. The summed E-state index contributed by atoms with van der Waals surface area (Å²) in [6.07, 6.45) is 2.02. The lowest BCUT2D eigenvalue weighted by molar-refractivity contribution is 0.288. The van der Waals surface area contributed by atoms with Crippen LogP contribution in [0.2, 0.25) is 0 Å². The Kier molecular flexibility index (Phi) is 6.01. The molecule has 0 spiro atoms. The van der Waals surface area contributed by atoms with Crippen molar-refractivity contribution in [2.45, 2.75) is 6.92 Å². The van der Waals surface area contributed by atoms with E-state index in [2.05, 4.69) is 11.0 Å². The fourth-order valence-electron chi connectivity index (χ4n) is 3.33. The van der Waals surface area contributed by atoms with Crippen molar-refractivity contribution in [3.05, 3.63) is 90.2 Å². The smallest absolute Gasteiger partial charge is 0.142 e. The lowest BCUT2D eigenvalue weighted by atomic mass is 10.2.